The van der Waals surface area contributed by atoms with E-state index in [4.69, 9.17) is 4.74 Å². The van der Waals surface area contributed by atoms with Gasteiger partial charge >= 0.3 is 0 Å². The molecule has 0 N–H and O–H groups in total. The van der Waals surface area contributed by atoms with E-state index in [2.05, 4.69) is 25.9 Å². The first kappa shape index (κ1) is 14.1. The summed E-state index contributed by atoms with van der Waals surface area (Å²) >= 11 is 0. The van der Waals surface area contributed by atoms with Gasteiger partial charge in [-0.25, -0.2) is 0 Å². The third-order valence-corrected chi connectivity index (χ3v) is 4.19. The monoisotopic (exact) mass is 261 g/mol. The standard InChI is InChI=1S/C16H23NO2/c1-16(9-10-17(2)3)8-7-15(18)13-6-5-12(19-4)11-14(13)16/h5-6,11H,7-10H2,1-4H3/t16-/m0/s1. The van der Waals surface area contributed by atoms with Crippen LogP contribution in [0.4, 0.5) is 0 Å². The fourth-order valence-corrected chi connectivity index (χ4v) is 2.78. The van der Waals surface area contributed by atoms with E-state index in [1.54, 1.807) is 7.11 Å². The van der Waals surface area contributed by atoms with Crippen molar-refractivity contribution in [2.45, 2.75) is 31.6 Å². The smallest absolute Gasteiger partial charge is 0.163 e. The number of Topliss-reactive ketones (excluding diaryl/α,β-unsaturated/α-hetero) is 1. The summed E-state index contributed by atoms with van der Waals surface area (Å²) in [6, 6.07) is 5.85. The molecule has 3 heteroatoms. The van der Waals surface area contributed by atoms with Gasteiger partial charge in [0.2, 0.25) is 0 Å². The highest BCUT2D eigenvalue weighted by molar-refractivity contribution is 5.99. The van der Waals surface area contributed by atoms with Gasteiger partial charge in [0.05, 0.1) is 7.11 Å². The van der Waals surface area contributed by atoms with Crippen molar-refractivity contribution in [1.29, 1.82) is 0 Å². The summed E-state index contributed by atoms with van der Waals surface area (Å²) in [6.07, 6.45) is 2.65. The number of nitrogens with zero attached hydrogens (tertiary/aromatic N) is 1. The Morgan fingerprint density at radius 1 is 1.37 bits per heavy atom. The molecular weight excluding hydrogens is 238 g/mol. The Morgan fingerprint density at radius 3 is 2.74 bits per heavy atom. The third kappa shape index (κ3) is 2.81. The minimum Gasteiger partial charge on any atom is -0.497 e. The summed E-state index contributed by atoms with van der Waals surface area (Å²) in [4.78, 5) is 14.3. The average molecular weight is 261 g/mol. The third-order valence-electron chi connectivity index (χ3n) is 4.19. The van der Waals surface area contributed by atoms with Crippen LogP contribution in [0.3, 0.4) is 0 Å². The van der Waals surface area contributed by atoms with Crippen molar-refractivity contribution < 1.29 is 9.53 Å². The van der Waals surface area contributed by atoms with Crippen molar-refractivity contribution in [3.63, 3.8) is 0 Å². The topological polar surface area (TPSA) is 29.5 Å². The zero-order chi connectivity index (χ0) is 14.0. The molecule has 1 aromatic rings. The summed E-state index contributed by atoms with van der Waals surface area (Å²) in [5, 5.41) is 0. The van der Waals surface area contributed by atoms with Crippen LogP contribution in [-0.4, -0.2) is 38.4 Å². The molecule has 0 radical (unpaired) electrons. The fraction of sp³-hybridized carbons (Fsp3) is 0.562. The number of carbonyl (C=O) groups is 1. The van der Waals surface area contributed by atoms with E-state index in [0.717, 1.165) is 36.3 Å². The number of benzene rings is 1. The normalized spacial score (nSPS) is 22.5. The van der Waals surface area contributed by atoms with Gasteiger partial charge in [-0.3, -0.25) is 4.79 Å². The molecule has 3 nitrogen and oxygen atoms in total. The lowest BCUT2D eigenvalue weighted by Gasteiger charge is -2.36. The number of methoxy groups -OCH3 is 1. The quantitative estimate of drug-likeness (QED) is 0.834. The first-order valence-electron chi connectivity index (χ1n) is 6.83. The summed E-state index contributed by atoms with van der Waals surface area (Å²) < 4.78 is 5.31. The number of ether oxygens (including phenoxy) is 1. The molecule has 0 spiro atoms. The Balaban J connectivity index is 2.39. The zero-order valence-electron chi connectivity index (χ0n) is 12.3. The Hall–Kier alpha value is -1.35. The first-order valence-corrected chi connectivity index (χ1v) is 6.83. The van der Waals surface area contributed by atoms with Gasteiger partial charge in [0.15, 0.2) is 5.78 Å². The molecule has 2 rings (SSSR count). The molecule has 104 valence electrons. The maximum atomic E-state index is 12.1. The molecule has 0 unspecified atom stereocenters. The molecule has 0 amide bonds. The summed E-state index contributed by atoms with van der Waals surface area (Å²) in [7, 11) is 5.84. The highest BCUT2D eigenvalue weighted by Crippen LogP contribution is 2.41. The van der Waals surface area contributed by atoms with Crippen molar-refractivity contribution >= 4 is 5.78 Å². The highest BCUT2D eigenvalue weighted by Gasteiger charge is 2.35. The van der Waals surface area contributed by atoms with E-state index in [1.165, 1.54) is 0 Å². The molecule has 0 bridgehead atoms. The van der Waals surface area contributed by atoms with Crippen LogP contribution >= 0.6 is 0 Å². The van der Waals surface area contributed by atoms with Crippen LogP contribution in [0.2, 0.25) is 0 Å². The Morgan fingerprint density at radius 2 is 2.11 bits per heavy atom. The maximum Gasteiger partial charge on any atom is 0.163 e. The maximum absolute atomic E-state index is 12.1. The van der Waals surface area contributed by atoms with E-state index in [0.29, 0.717) is 6.42 Å². The second-order valence-electron chi connectivity index (χ2n) is 5.95. The minimum atomic E-state index is 0.0715. The van der Waals surface area contributed by atoms with Gasteiger partial charge in [-0.05, 0) is 62.7 Å². The average Bonchev–Trinajstić information content (AvgIpc) is 2.41. The summed E-state index contributed by atoms with van der Waals surface area (Å²) in [6.45, 7) is 3.29. The largest absolute Gasteiger partial charge is 0.497 e. The van der Waals surface area contributed by atoms with Gasteiger partial charge in [0, 0.05) is 12.0 Å². The molecule has 0 saturated carbocycles. The molecule has 0 aromatic heterocycles. The van der Waals surface area contributed by atoms with Crippen LogP contribution in [0.25, 0.3) is 0 Å². The Labute approximate surface area is 115 Å². The molecule has 0 aliphatic heterocycles. The van der Waals surface area contributed by atoms with Gasteiger partial charge in [0.1, 0.15) is 5.75 Å². The lowest BCUT2D eigenvalue weighted by molar-refractivity contribution is 0.0950. The molecule has 1 aliphatic carbocycles. The van der Waals surface area contributed by atoms with Crippen molar-refractivity contribution in [1.82, 2.24) is 4.90 Å². The lowest BCUT2D eigenvalue weighted by atomic mass is 9.69. The first-order chi connectivity index (χ1) is 8.96. The van der Waals surface area contributed by atoms with Gasteiger partial charge in [-0.15, -0.1) is 0 Å². The fourth-order valence-electron chi connectivity index (χ4n) is 2.78. The number of ketones is 1. The SMILES string of the molecule is COc1ccc2c(c1)[C@](C)(CCN(C)C)CCC2=O. The zero-order valence-corrected chi connectivity index (χ0v) is 12.3. The molecule has 0 saturated heterocycles. The van der Waals surface area contributed by atoms with Crippen LogP contribution in [-0.2, 0) is 5.41 Å². The van der Waals surface area contributed by atoms with Gasteiger partial charge in [0.25, 0.3) is 0 Å². The van der Waals surface area contributed by atoms with E-state index >= 15 is 0 Å². The second kappa shape index (κ2) is 5.33. The van der Waals surface area contributed by atoms with Gasteiger partial charge in [-0.1, -0.05) is 6.92 Å². The predicted octanol–water partition coefficient (Wildman–Crippen LogP) is 2.88. The molecule has 1 atom stereocenters. The van der Waals surface area contributed by atoms with Crippen LogP contribution in [0.1, 0.15) is 42.1 Å². The predicted molar refractivity (Wildman–Crippen MR) is 77.1 cm³/mol. The summed E-state index contributed by atoms with van der Waals surface area (Å²) in [5.41, 5.74) is 2.11. The van der Waals surface area contributed by atoms with Crippen LogP contribution in [0, 0.1) is 0 Å². The Kier molecular flexibility index (Phi) is 3.95. The molecule has 0 heterocycles. The van der Waals surface area contributed by atoms with Crippen LogP contribution < -0.4 is 4.74 Å². The van der Waals surface area contributed by atoms with Crippen molar-refractivity contribution in [2.75, 3.05) is 27.7 Å². The van der Waals surface area contributed by atoms with Gasteiger partial charge < -0.3 is 9.64 Å². The molecule has 0 fully saturated rings. The molecule has 19 heavy (non-hydrogen) atoms. The van der Waals surface area contributed by atoms with Crippen LogP contribution in [0.5, 0.6) is 5.75 Å². The lowest BCUT2D eigenvalue weighted by Crippen LogP contribution is -2.33. The van der Waals surface area contributed by atoms with Crippen molar-refractivity contribution in [3.8, 4) is 5.75 Å². The highest BCUT2D eigenvalue weighted by atomic mass is 16.5. The number of carbonyl (C=O) groups excluding carboxylic acids is 1. The van der Waals surface area contributed by atoms with E-state index in [9.17, 15) is 4.79 Å². The van der Waals surface area contributed by atoms with Crippen molar-refractivity contribution in [3.05, 3.63) is 29.3 Å². The second-order valence-corrected chi connectivity index (χ2v) is 5.95. The number of hydrogen-bond acceptors (Lipinski definition) is 3. The molecule has 1 aliphatic rings. The van der Waals surface area contributed by atoms with Crippen molar-refractivity contribution in [2.24, 2.45) is 0 Å². The number of fused-ring (bicyclic) bond motifs is 1. The van der Waals surface area contributed by atoms with E-state index < -0.39 is 0 Å². The minimum absolute atomic E-state index is 0.0715. The van der Waals surface area contributed by atoms with Gasteiger partial charge in [-0.2, -0.15) is 0 Å². The molecule has 1 aromatic carbocycles. The number of hydrogen-bond donors (Lipinski definition) is 0. The Bertz CT molecular complexity index is 482. The van der Waals surface area contributed by atoms with E-state index in [-0.39, 0.29) is 11.2 Å². The van der Waals surface area contributed by atoms with Crippen LogP contribution in [0.15, 0.2) is 18.2 Å². The molecular formula is C16H23NO2. The number of rotatable bonds is 4. The van der Waals surface area contributed by atoms with E-state index in [1.807, 2.05) is 18.2 Å². The summed E-state index contributed by atoms with van der Waals surface area (Å²) in [5.74, 6) is 1.10.